The third-order valence-electron chi connectivity index (χ3n) is 3.62. The summed E-state index contributed by atoms with van der Waals surface area (Å²) >= 11 is 6.82. The average molecular weight is 464 g/mol. The van der Waals surface area contributed by atoms with Gasteiger partial charge in [0, 0.05) is 5.69 Å². The summed E-state index contributed by atoms with van der Waals surface area (Å²) in [5.74, 6) is 0.207. The van der Waals surface area contributed by atoms with Gasteiger partial charge in [0.05, 0.1) is 16.1 Å². The van der Waals surface area contributed by atoms with Gasteiger partial charge in [-0.2, -0.15) is 5.26 Å². The molecule has 2 aromatic rings. The van der Waals surface area contributed by atoms with Gasteiger partial charge in [-0.25, -0.2) is 0 Å². The Kier molecular flexibility index (Phi) is 6.40. The van der Waals surface area contributed by atoms with Crippen LogP contribution < -0.4 is 10.1 Å². The topological polar surface area (TPSA) is 62.1 Å². The maximum Gasteiger partial charge on any atom is 0.266 e. The second-order valence-corrected chi connectivity index (χ2v) is 7.12. The first-order valence-electron chi connectivity index (χ1n) is 7.39. The van der Waals surface area contributed by atoms with Crippen molar-refractivity contribution in [1.82, 2.24) is 0 Å². The molecule has 0 atom stereocenters. The van der Waals surface area contributed by atoms with Crippen LogP contribution in [-0.4, -0.2) is 13.0 Å². The average Bonchev–Trinajstić information content (AvgIpc) is 2.55. The molecule has 128 valence electrons. The van der Waals surface area contributed by atoms with Crippen LogP contribution in [0.1, 0.15) is 16.7 Å². The van der Waals surface area contributed by atoms with Gasteiger partial charge in [0.25, 0.3) is 5.91 Å². The fraction of sp³-hybridized carbons (Fsp3) is 0.158. The smallest absolute Gasteiger partial charge is 0.266 e. The number of amides is 1. The first kappa shape index (κ1) is 19.2. The number of carbonyl (C=O) groups excluding carboxylic acids is 1. The van der Waals surface area contributed by atoms with E-state index in [2.05, 4.69) is 37.2 Å². The number of rotatable bonds is 4. The van der Waals surface area contributed by atoms with Crippen molar-refractivity contribution in [2.24, 2.45) is 0 Å². The number of nitriles is 1. The van der Waals surface area contributed by atoms with Crippen LogP contribution in [0.25, 0.3) is 6.08 Å². The van der Waals surface area contributed by atoms with Gasteiger partial charge in [-0.3, -0.25) is 4.79 Å². The number of nitrogens with one attached hydrogen (secondary N) is 1. The Labute approximate surface area is 163 Å². The quantitative estimate of drug-likeness (QED) is 0.488. The minimum Gasteiger partial charge on any atom is -0.494 e. The lowest BCUT2D eigenvalue weighted by Crippen LogP contribution is -2.15. The van der Waals surface area contributed by atoms with Crippen LogP contribution in [-0.2, 0) is 4.79 Å². The number of aryl methyl sites for hydroxylation is 2. The van der Waals surface area contributed by atoms with Gasteiger partial charge in [-0.15, -0.1) is 0 Å². The molecule has 0 saturated heterocycles. The largest absolute Gasteiger partial charge is 0.494 e. The maximum absolute atomic E-state index is 12.5. The number of para-hydroxylation sites is 1. The number of anilines is 1. The highest BCUT2D eigenvalue weighted by Crippen LogP contribution is 2.35. The normalized spacial score (nSPS) is 11.0. The molecule has 6 heteroatoms. The van der Waals surface area contributed by atoms with Crippen LogP contribution in [0.4, 0.5) is 5.69 Å². The van der Waals surface area contributed by atoms with Gasteiger partial charge in [-0.05, 0) is 80.6 Å². The summed E-state index contributed by atoms with van der Waals surface area (Å²) in [6.45, 7) is 3.83. The number of ether oxygens (including phenoxy) is 1. The van der Waals surface area contributed by atoms with E-state index in [9.17, 15) is 10.1 Å². The minimum atomic E-state index is -0.442. The molecular formula is C19H16Br2N2O2. The third kappa shape index (κ3) is 4.50. The van der Waals surface area contributed by atoms with Crippen LogP contribution in [0.15, 0.2) is 44.9 Å². The Hall–Kier alpha value is -2.10. The van der Waals surface area contributed by atoms with Gasteiger partial charge in [-0.1, -0.05) is 18.2 Å². The molecule has 0 heterocycles. The molecule has 0 fully saturated rings. The first-order valence-corrected chi connectivity index (χ1v) is 8.98. The predicted octanol–water partition coefficient (Wildman–Crippen LogP) is 5.38. The van der Waals surface area contributed by atoms with E-state index in [1.165, 1.54) is 6.08 Å². The summed E-state index contributed by atoms with van der Waals surface area (Å²) in [4.78, 5) is 12.5. The zero-order valence-electron chi connectivity index (χ0n) is 14.0. The number of carbonyl (C=O) groups is 1. The van der Waals surface area contributed by atoms with Crippen molar-refractivity contribution in [3.8, 4) is 11.8 Å². The van der Waals surface area contributed by atoms with Crippen LogP contribution >= 0.6 is 31.9 Å². The van der Waals surface area contributed by atoms with Crippen molar-refractivity contribution in [3.05, 3.63) is 61.5 Å². The Bertz CT molecular complexity index is 856. The minimum absolute atomic E-state index is 0.0200. The van der Waals surface area contributed by atoms with E-state index in [0.717, 1.165) is 25.8 Å². The second kappa shape index (κ2) is 8.32. The van der Waals surface area contributed by atoms with Gasteiger partial charge < -0.3 is 10.1 Å². The van der Waals surface area contributed by atoms with E-state index in [1.54, 1.807) is 19.2 Å². The van der Waals surface area contributed by atoms with Crippen molar-refractivity contribution >= 4 is 49.5 Å². The first-order chi connectivity index (χ1) is 11.9. The number of hydrogen-bond donors (Lipinski definition) is 1. The highest BCUT2D eigenvalue weighted by atomic mass is 79.9. The molecule has 2 rings (SSSR count). The van der Waals surface area contributed by atoms with Gasteiger partial charge >= 0.3 is 0 Å². The molecule has 1 amide bonds. The van der Waals surface area contributed by atoms with E-state index >= 15 is 0 Å². The molecule has 0 aliphatic rings. The van der Waals surface area contributed by atoms with E-state index < -0.39 is 5.91 Å². The van der Waals surface area contributed by atoms with Crippen molar-refractivity contribution in [3.63, 3.8) is 0 Å². The Balaban J connectivity index is 2.35. The Morgan fingerprint density at radius 1 is 1.20 bits per heavy atom. The molecule has 0 unspecified atom stereocenters. The van der Waals surface area contributed by atoms with E-state index in [4.69, 9.17) is 4.74 Å². The SMILES string of the molecule is COc1c(Br)cc(/C=C(/C#N)C(=O)Nc2c(C)cccc2C)cc1Br. The molecule has 0 bridgehead atoms. The van der Waals surface area contributed by atoms with E-state index in [0.29, 0.717) is 11.3 Å². The van der Waals surface area contributed by atoms with Crippen molar-refractivity contribution < 1.29 is 9.53 Å². The summed E-state index contributed by atoms with van der Waals surface area (Å²) in [6, 6.07) is 11.3. The highest BCUT2D eigenvalue weighted by Gasteiger charge is 2.13. The number of hydrogen-bond acceptors (Lipinski definition) is 3. The zero-order chi connectivity index (χ0) is 18.6. The van der Waals surface area contributed by atoms with Gasteiger partial charge in [0.15, 0.2) is 0 Å². The number of benzene rings is 2. The van der Waals surface area contributed by atoms with Gasteiger partial charge in [0.1, 0.15) is 17.4 Å². The van der Waals surface area contributed by atoms with Crippen LogP contribution in [0.2, 0.25) is 0 Å². The molecule has 2 aromatic carbocycles. The molecule has 1 N–H and O–H groups in total. The molecule has 0 spiro atoms. The fourth-order valence-electron chi connectivity index (χ4n) is 2.37. The molecular weight excluding hydrogens is 448 g/mol. The molecule has 0 aromatic heterocycles. The van der Waals surface area contributed by atoms with Crippen molar-refractivity contribution in [2.45, 2.75) is 13.8 Å². The molecule has 0 saturated carbocycles. The van der Waals surface area contributed by atoms with Crippen LogP contribution in [0.5, 0.6) is 5.75 Å². The van der Waals surface area contributed by atoms with E-state index in [-0.39, 0.29) is 5.57 Å². The summed E-state index contributed by atoms with van der Waals surface area (Å²) < 4.78 is 6.71. The maximum atomic E-state index is 12.5. The van der Waals surface area contributed by atoms with Crippen molar-refractivity contribution in [2.75, 3.05) is 12.4 Å². The third-order valence-corrected chi connectivity index (χ3v) is 4.80. The number of methoxy groups -OCH3 is 1. The van der Waals surface area contributed by atoms with Crippen LogP contribution in [0.3, 0.4) is 0 Å². The molecule has 4 nitrogen and oxygen atoms in total. The number of nitrogens with zero attached hydrogens (tertiary/aromatic N) is 1. The highest BCUT2D eigenvalue weighted by molar-refractivity contribution is 9.11. The monoisotopic (exact) mass is 462 g/mol. The summed E-state index contributed by atoms with van der Waals surface area (Å²) in [5.41, 5.74) is 3.34. The summed E-state index contributed by atoms with van der Waals surface area (Å²) in [7, 11) is 1.57. The Morgan fingerprint density at radius 3 is 2.24 bits per heavy atom. The second-order valence-electron chi connectivity index (χ2n) is 5.41. The van der Waals surface area contributed by atoms with Gasteiger partial charge in [0.2, 0.25) is 0 Å². The zero-order valence-corrected chi connectivity index (χ0v) is 17.2. The lowest BCUT2D eigenvalue weighted by atomic mass is 10.1. The van der Waals surface area contributed by atoms with Crippen LogP contribution in [0, 0.1) is 25.2 Å². The molecule has 0 aliphatic heterocycles. The molecule has 25 heavy (non-hydrogen) atoms. The Morgan fingerprint density at radius 2 is 1.76 bits per heavy atom. The standard InChI is InChI=1S/C19H16Br2N2O2/c1-11-5-4-6-12(2)17(11)23-19(24)14(10-22)7-13-8-15(20)18(25-3)16(21)9-13/h4-9H,1-3H3,(H,23,24)/b14-7-. The lowest BCUT2D eigenvalue weighted by molar-refractivity contribution is -0.112. The van der Waals surface area contributed by atoms with Crippen molar-refractivity contribution in [1.29, 1.82) is 5.26 Å². The summed E-state index contributed by atoms with van der Waals surface area (Å²) in [5, 5.41) is 12.2. The molecule has 0 aliphatic carbocycles. The fourth-order valence-corrected chi connectivity index (χ4v) is 3.91. The predicted molar refractivity (Wildman–Crippen MR) is 107 cm³/mol. The summed E-state index contributed by atoms with van der Waals surface area (Å²) in [6.07, 6.45) is 1.54. The molecule has 0 radical (unpaired) electrons. The lowest BCUT2D eigenvalue weighted by Gasteiger charge is -2.11. The van der Waals surface area contributed by atoms with E-state index in [1.807, 2.05) is 38.1 Å². The number of halogens is 2.